The van der Waals surface area contributed by atoms with E-state index in [-0.39, 0.29) is 18.3 Å². The smallest absolute Gasteiger partial charge is 0.283 e. The van der Waals surface area contributed by atoms with Gasteiger partial charge in [-0.05, 0) is 24.6 Å². The number of hydrogen-bond donors (Lipinski definition) is 0. The van der Waals surface area contributed by atoms with Crippen molar-refractivity contribution in [2.24, 2.45) is 0 Å². The molecule has 0 bridgehead atoms. The summed E-state index contributed by atoms with van der Waals surface area (Å²) in [7, 11) is 0. The maximum Gasteiger partial charge on any atom is 0.283 e. The first-order valence-corrected chi connectivity index (χ1v) is 9.51. The van der Waals surface area contributed by atoms with Gasteiger partial charge >= 0.3 is 0 Å². The summed E-state index contributed by atoms with van der Waals surface area (Å²) >= 11 is 1.33. The third-order valence-electron chi connectivity index (χ3n) is 3.79. The minimum atomic E-state index is -0.210. The molecule has 0 fully saturated rings. The van der Waals surface area contributed by atoms with Gasteiger partial charge in [0.05, 0.1) is 12.8 Å². The van der Waals surface area contributed by atoms with Crippen LogP contribution in [0.2, 0.25) is 0 Å². The molecule has 0 saturated carbocycles. The van der Waals surface area contributed by atoms with E-state index >= 15 is 0 Å². The highest BCUT2D eigenvalue weighted by molar-refractivity contribution is 7.13. The quantitative estimate of drug-likeness (QED) is 0.468. The lowest BCUT2D eigenvalue weighted by Gasteiger charge is -2.18. The van der Waals surface area contributed by atoms with E-state index in [1.807, 2.05) is 6.92 Å². The van der Waals surface area contributed by atoms with Crippen LogP contribution in [0.15, 0.2) is 51.1 Å². The van der Waals surface area contributed by atoms with Gasteiger partial charge in [0.1, 0.15) is 5.69 Å². The van der Waals surface area contributed by atoms with E-state index in [1.54, 1.807) is 40.9 Å². The summed E-state index contributed by atoms with van der Waals surface area (Å²) in [6, 6.07) is 5.20. The molecule has 4 aromatic rings. The Hall–Kier alpha value is -3.40. The highest BCUT2D eigenvalue weighted by atomic mass is 32.1. The van der Waals surface area contributed by atoms with Crippen molar-refractivity contribution in [3.8, 4) is 22.5 Å². The molecule has 0 aromatic carbocycles. The van der Waals surface area contributed by atoms with Crippen LogP contribution in [-0.4, -0.2) is 42.5 Å². The summed E-state index contributed by atoms with van der Waals surface area (Å²) in [6.07, 6.45) is 5.59. The number of amides is 1. The van der Waals surface area contributed by atoms with Gasteiger partial charge in [0.2, 0.25) is 5.89 Å². The first-order chi connectivity index (χ1) is 13.7. The fourth-order valence-corrected chi connectivity index (χ4v) is 3.29. The number of thiazole rings is 1. The maximum atomic E-state index is 12.9. The van der Waals surface area contributed by atoms with Gasteiger partial charge in [0, 0.05) is 24.3 Å². The minimum Gasteiger partial charge on any atom is -0.459 e. The zero-order valence-corrected chi connectivity index (χ0v) is 15.8. The molecule has 0 aliphatic carbocycles. The van der Waals surface area contributed by atoms with Crippen LogP contribution in [0.4, 0.5) is 0 Å². The molecule has 4 heterocycles. The summed E-state index contributed by atoms with van der Waals surface area (Å²) in [5, 5.41) is 10.3. The van der Waals surface area contributed by atoms with Crippen LogP contribution in [0.25, 0.3) is 22.5 Å². The van der Waals surface area contributed by atoms with Gasteiger partial charge in [-0.25, -0.2) is 15.0 Å². The lowest BCUT2D eigenvalue weighted by molar-refractivity contribution is 0.0723. The largest absolute Gasteiger partial charge is 0.459 e. The molecular weight excluding hydrogens is 380 g/mol. The number of nitrogens with zero attached hydrogens (tertiary/aromatic N) is 6. The molecule has 0 radical (unpaired) electrons. The van der Waals surface area contributed by atoms with Crippen molar-refractivity contribution in [1.29, 1.82) is 0 Å². The van der Waals surface area contributed by atoms with Crippen molar-refractivity contribution in [2.75, 3.05) is 6.54 Å². The molecule has 0 aliphatic heterocycles. The van der Waals surface area contributed by atoms with Crippen LogP contribution in [-0.2, 0) is 6.54 Å². The molecule has 1 amide bonds. The molecule has 0 spiro atoms. The summed E-state index contributed by atoms with van der Waals surface area (Å²) in [5.74, 6) is 1.38. The standard InChI is InChI=1S/C18H16N6O3S/c1-2-8-24(10-14-22-23-16(27-14)13-5-3-9-26-13)18(25)12-11-28-17(21-12)15-19-6-4-7-20-15/h3-7,9,11H,2,8,10H2,1H3. The fourth-order valence-electron chi connectivity index (χ4n) is 2.55. The van der Waals surface area contributed by atoms with Gasteiger partial charge in [0.25, 0.3) is 11.8 Å². The molecule has 142 valence electrons. The second kappa shape index (κ2) is 8.09. The molecule has 4 aromatic heterocycles. The number of furan rings is 1. The second-order valence-electron chi connectivity index (χ2n) is 5.82. The van der Waals surface area contributed by atoms with E-state index in [9.17, 15) is 4.79 Å². The first-order valence-electron chi connectivity index (χ1n) is 8.63. The van der Waals surface area contributed by atoms with Gasteiger partial charge in [-0.2, -0.15) is 0 Å². The van der Waals surface area contributed by atoms with Crippen molar-refractivity contribution < 1.29 is 13.6 Å². The van der Waals surface area contributed by atoms with Crippen LogP contribution in [0, 0.1) is 0 Å². The summed E-state index contributed by atoms with van der Waals surface area (Å²) in [6.45, 7) is 2.72. The predicted octanol–water partition coefficient (Wildman–Crippen LogP) is 3.30. The van der Waals surface area contributed by atoms with Crippen molar-refractivity contribution in [2.45, 2.75) is 19.9 Å². The molecule has 0 N–H and O–H groups in total. The topological polar surface area (TPSA) is 111 Å². The Bertz CT molecular complexity index is 1040. The molecule has 0 unspecified atom stereocenters. The van der Waals surface area contributed by atoms with E-state index in [2.05, 4.69) is 25.1 Å². The number of carbonyl (C=O) groups excluding carboxylic acids is 1. The Morgan fingerprint density at radius 2 is 2.07 bits per heavy atom. The van der Waals surface area contributed by atoms with Crippen molar-refractivity contribution in [3.05, 3.63) is 53.8 Å². The Morgan fingerprint density at radius 1 is 1.21 bits per heavy atom. The first kappa shape index (κ1) is 18.0. The highest BCUT2D eigenvalue weighted by Crippen LogP contribution is 2.22. The molecule has 10 heteroatoms. The summed E-state index contributed by atoms with van der Waals surface area (Å²) in [5.41, 5.74) is 0.340. The van der Waals surface area contributed by atoms with Crippen LogP contribution in [0.5, 0.6) is 0 Å². The summed E-state index contributed by atoms with van der Waals surface area (Å²) < 4.78 is 10.9. The van der Waals surface area contributed by atoms with Gasteiger partial charge in [0.15, 0.2) is 16.6 Å². The molecule has 4 rings (SSSR count). The second-order valence-corrected chi connectivity index (χ2v) is 6.67. The molecule has 0 atom stereocenters. The molecule has 0 aliphatic rings. The monoisotopic (exact) mass is 396 g/mol. The Labute approximate surface area is 164 Å². The van der Waals surface area contributed by atoms with E-state index < -0.39 is 0 Å². The Balaban J connectivity index is 1.51. The maximum absolute atomic E-state index is 12.9. The number of rotatable bonds is 7. The predicted molar refractivity (Wildman–Crippen MR) is 100 cm³/mol. The van der Waals surface area contributed by atoms with Crippen LogP contribution in [0.1, 0.15) is 29.7 Å². The van der Waals surface area contributed by atoms with E-state index in [4.69, 9.17) is 8.83 Å². The molecular formula is C18H16N6O3S. The van der Waals surface area contributed by atoms with Crippen molar-refractivity contribution in [3.63, 3.8) is 0 Å². The van der Waals surface area contributed by atoms with Crippen LogP contribution >= 0.6 is 11.3 Å². The van der Waals surface area contributed by atoms with Gasteiger partial charge in [-0.15, -0.1) is 21.5 Å². The number of aromatic nitrogens is 5. The average Bonchev–Trinajstić information content (AvgIpc) is 3.49. The third-order valence-corrected chi connectivity index (χ3v) is 4.62. The molecule has 0 saturated heterocycles. The average molecular weight is 396 g/mol. The lowest BCUT2D eigenvalue weighted by atomic mass is 10.3. The minimum absolute atomic E-state index is 0.190. The molecule has 28 heavy (non-hydrogen) atoms. The highest BCUT2D eigenvalue weighted by Gasteiger charge is 2.22. The van der Waals surface area contributed by atoms with E-state index in [0.29, 0.717) is 34.7 Å². The van der Waals surface area contributed by atoms with Gasteiger partial charge in [-0.3, -0.25) is 4.79 Å². The zero-order valence-electron chi connectivity index (χ0n) is 15.0. The number of carbonyl (C=O) groups is 1. The van der Waals surface area contributed by atoms with E-state index in [1.165, 1.54) is 17.6 Å². The van der Waals surface area contributed by atoms with Crippen molar-refractivity contribution >= 4 is 17.2 Å². The van der Waals surface area contributed by atoms with Crippen LogP contribution < -0.4 is 0 Å². The zero-order chi connectivity index (χ0) is 19.3. The van der Waals surface area contributed by atoms with E-state index in [0.717, 1.165) is 6.42 Å². The Kier molecular flexibility index (Phi) is 5.20. The Morgan fingerprint density at radius 3 is 2.82 bits per heavy atom. The fraction of sp³-hybridized carbons (Fsp3) is 0.222. The third kappa shape index (κ3) is 3.81. The van der Waals surface area contributed by atoms with Gasteiger partial charge in [-0.1, -0.05) is 6.92 Å². The summed E-state index contributed by atoms with van der Waals surface area (Å²) in [4.78, 5) is 27.3. The van der Waals surface area contributed by atoms with Crippen molar-refractivity contribution in [1.82, 2.24) is 30.0 Å². The molecule has 9 nitrogen and oxygen atoms in total. The number of hydrogen-bond acceptors (Lipinski definition) is 9. The SMILES string of the molecule is CCCN(Cc1nnc(-c2ccco2)o1)C(=O)c1csc(-c2ncccn2)n1. The van der Waals surface area contributed by atoms with Crippen LogP contribution in [0.3, 0.4) is 0 Å². The normalized spacial score (nSPS) is 10.9. The lowest BCUT2D eigenvalue weighted by Crippen LogP contribution is -2.31. The van der Waals surface area contributed by atoms with Gasteiger partial charge < -0.3 is 13.7 Å².